The van der Waals surface area contributed by atoms with Crippen LogP contribution in [-0.2, 0) is 16.1 Å². The molecular formula is C56H73N3O4S. The van der Waals surface area contributed by atoms with Crippen molar-refractivity contribution in [3.05, 3.63) is 131 Å². The van der Waals surface area contributed by atoms with Crippen molar-refractivity contribution in [1.82, 2.24) is 15.1 Å². The third-order valence-corrected chi connectivity index (χ3v) is 14.1. The number of rotatable bonds is 29. The molecule has 6 rings (SSSR count). The largest absolute Gasteiger partial charge is 0.492 e. The van der Waals surface area contributed by atoms with Gasteiger partial charge in [0, 0.05) is 30.0 Å². The highest BCUT2D eigenvalue weighted by atomic mass is 32.2. The standard InChI is InChI=1S/C56H73N3O4S/c1-3-48(44-27-20-18-21-28-44)54(45-29-22-19-23-30-45)46-33-35-47(36-34-46)63-41-40-58(2)39-24-16-14-12-10-8-6-4-5-7-9-11-13-15-17-25-42-64-52-32-26-31-49-50(52)43-59(56(49)62)51-37-38-53(60)57-55(51)61/h18-23,26-36,51H,3-17,24-25,37-43H2,1-2H3,(H,57,60,61)/b54-48-. The van der Waals surface area contributed by atoms with Crippen LogP contribution < -0.4 is 10.1 Å². The summed E-state index contributed by atoms with van der Waals surface area (Å²) in [6.07, 6.45) is 22.9. The number of nitrogens with zero attached hydrogens (tertiary/aromatic N) is 2. The maximum Gasteiger partial charge on any atom is 0.255 e. The van der Waals surface area contributed by atoms with Crippen molar-refractivity contribution in [3.63, 3.8) is 0 Å². The molecule has 0 aliphatic carbocycles. The summed E-state index contributed by atoms with van der Waals surface area (Å²) in [5.74, 6) is 1.26. The van der Waals surface area contributed by atoms with Gasteiger partial charge in [-0.3, -0.25) is 19.7 Å². The van der Waals surface area contributed by atoms with Gasteiger partial charge in [-0.25, -0.2) is 0 Å². The minimum atomic E-state index is -0.560. The summed E-state index contributed by atoms with van der Waals surface area (Å²) >= 11 is 1.83. The highest BCUT2D eigenvalue weighted by molar-refractivity contribution is 7.99. The van der Waals surface area contributed by atoms with E-state index in [-0.39, 0.29) is 24.1 Å². The van der Waals surface area contributed by atoms with E-state index in [0.717, 1.165) is 41.5 Å². The number of hydrogen-bond donors (Lipinski definition) is 1. The van der Waals surface area contributed by atoms with E-state index in [1.807, 2.05) is 23.9 Å². The molecule has 1 saturated heterocycles. The molecule has 1 N–H and O–H groups in total. The molecule has 7 nitrogen and oxygen atoms in total. The summed E-state index contributed by atoms with van der Waals surface area (Å²) in [7, 11) is 2.21. The first-order chi connectivity index (χ1) is 31.4. The Morgan fingerprint density at radius 2 is 1.22 bits per heavy atom. The number of fused-ring (bicyclic) bond motifs is 1. The lowest BCUT2D eigenvalue weighted by Crippen LogP contribution is -2.52. The normalized spacial score (nSPS) is 15.4. The van der Waals surface area contributed by atoms with Gasteiger partial charge in [-0.2, -0.15) is 0 Å². The first-order valence-corrected chi connectivity index (χ1v) is 25.6. The van der Waals surface area contributed by atoms with E-state index in [4.69, 9.17) is 4.74 Å². The Kier molecular flexibility index (Phi) is 20.6. The summed E-state index contributed by atoms with van der Waals surface area (Å²) in [6.45, 7) is 5.45. The SMILES string of the molecule is CC/C(=C(\c1ccccc1)c1ccc(OCCN(C)CCCCCCCCCCCCCCCCCCSc2cccc3c2CN(C2CCC(=O)NC2=O)C3=O)cc1)c1ccccc1. The summed E-state index contributed by atoms with van der Waals surface area (Å²) in [5.41, 5.74) is 8.10. The second kappa shape index (κ2) is 27.0. The molecule has 1 atom stereocenters. The zero-order valence-electron chi connectivity index (χ0n) is 38.8. The minimum Gasteiger partial charge on any atom is -0.492 e. The number of piperidine rings is 1. The Morgan fingerprint density at radius 3 is 1.81 bits per heavy atom. The lowest BCUT2D eigenvalue weighted by atomic mass is 9.88. The molecule has 8 heteroatoms. The van der Waals surface area contributed by atoms with Crippen LogP contribution in [0, 0.1) is 0 Å². The number of hydrogen-bond acceptors (Lipinski definition) is 6. The maximum atomic E-state index is 13.1. The monoisotopic (exact) mass is 884 g/mol. The topological polar surface area (TPSA) is 79.0 Å². The van der Waals surface area contributed by atoms with Gasteiger partial charge < -0.3 is 14.5 Å². The van der Waals surface area contributed by atoms with E-state index in [9.17, 15) is 14.4 Å². The number of amides is 3. The number of likely N-dealkylation sites (N-methyl/N-ethyl adjacent to an activating group) is 1. The van der Waals surface area contributed by atoms with Crippen molar-refractivity contribution in [1.29, 1.82) is 0 Å². The molecule has 1 fully saturated rings. The molecule has 0 spiro atoms. The predicted molar refractivity (Wildman–Crippen MR) is 266 cm³/mol. The summed E-state index contributed by atoms with van der Waals surface area (Å²) < 4.78 is 6.19. The maximum absolute atomic E-state index is 13.1. The lowest BCUT2D eigenvalue weighted by Gasteiger charge is -2.29. The van der Waals surface area contributed by atoms with Gasteiger partial charge in [-0.15, -0.1) is 11.8 Å². The Labute approximate surface area is 388 Å². The quantitative estimate of drug-likeness (QED) is 0.0253. The zero-order chi connectivity index (χ0) is 44.8. The Morgan fingerprint density at radius 1 is 0.656 bits per heavy atom. The van der Waals surface area contributed by atoms with Crippen LogP contribution in [0.25, 0.3) is 11.1 Å². The molecule has 342 valence electrons. The molecule has 4 aromatic carbocycles. The number of allylic oxidation sites excluding steroid dienone is 1. The molecule has 0 aromatic heterocycles. The number of imide groups is 1. The second-order valence-electron chi connectivity index (χ2n) is 17.8. The second-order valence-corrected chi connectivity index (χ2v) is 18.9. The number of benzene rings is 4. The predicted octanol–water partition coefficient (Wildman–Crippen LogP) is 13.2. The van der Waals surface area contributed by atoms with Crippen molar-refractivity contribution in [2.24, 2.45) is 0 Å². The van der Waals surface area contributed by atoms with Crippen molar-refractivity contribution in [3.8, 4) is 5.75 Å². The molecular weight excluding hydrogens is 811 g/mol. The van der Waals surface area contributed by atoms with E-state index in [1.165, 1.54) is 131 Å². The number of ether oxygens (including phenoxy) is 1. The molecule has 0 radical (unpaired) electrons. The van der Waals surface area contributed by atoms with Crippen LogP contribution in [0.3, 0.4) is 0 Å². The van der Waals surface area contributed by atoms with Crippen LogP contribution in [0.5, 0.6) is 5.75 Å². The van der Waals surface area contributed by atoms with Crippen LogP contribution in [0.1, 0.15) is 162 Å². The molecule has 64 heavy (non-hydrogen) atoms. The fourth-order valence-electron chi connectivity index (χ4n) is 9.27. The average molecular weight is 884 g/mol. The van der Waals surface area contributed by atoms with Crippen LogP contribution >= 0.6 is 11.8 Å². The van der Waals surface area contributed by atoms with Crippen molar-refractivity contribution < 1.29 is 19.1 Å². The average Bonchev–Trinajstić information content (AvgIpc) is 3.65. The highest BCUT2D eigenvalue weighted by Crippen LogP contribution is 2.36. The molecule has 4 aromatic rings. The zero-order valence-corrected chi connectivity index (χ0v) is 39.6. The van der Waals surface area contributed by atoms with E-state index in [2.05, 4.69) is 115 Å². The Balaban J connectivity index is 0.722. The molecule has 2 aliphatic heterocycles. The van der Waals surface area contributed by atoms with E-state index >= 15 is 0 Å². The third kappa shape index (κ3) is 14.9. The lowest BCUT2D eigenvalue weighted by molar-refractivity contribution is -0.136. The number of carbonyl (C=O) groups excluding carboxylic acids is 3. The van der Waals surface area contributed by atoms with E-state index < -0.39 is 6.04 Å². The Bertz CT molecular complexity index is 2070. The number of carbonyl (C=O) groups is 3. The molecule has 1 unspecified atom stereocenters. The summed E-state index contributed by atoms with van der Waals surface area (Å²) in [4.78, 5) is 42.3. The first-order valence-electron chi connectivity index (χ1n) is 24.6. The van der Waals surface area contributed by atoms with E-state index in [1.54, 1.807) is 4.90 Å². The van der Waals surface area contributed by atoms with Crippen LogP contribution in [0.15, 0.2) is 108 Å². The van der Waals surface area contributed by atoms with Gasteiger partial charge in [0.15, 0.2) is 0 Å². The molecule has 3 amide bonds. The van der Waals surface area contributed by atoms with Gasteiger partial charge >= 0.3 is 0 Å². The minimum absolute atomic E-state index is 0.0951. The van der Waals surface area contributed by atoms with Gasteiger partial charge in [-0.05, 0) is 103 Å². The number of thioether (sulfide) groups is 1. The van der Waals surface area contributed by atoms with Crippen molar-refractivity contribution in [2.45, 2.75) is 146 Å². The molecule has 0 bridgehead atoms. The van der Waals surface area contributed by atoms with Gasteiger partial charge in [-0.1, -0.05) is 176 Å². The summed E-state index contributed by atoms with van der Waals surface area (Å²) in [5, 5.41) is 2.39. The molecule has 2 aliphatic rings. The third-order valence-electron chi connectivity index (χ3n) is 13.0. The van der Waals surface area contributed by atoms with Crippen molar-refractivity contribution in [2.75, 3.05) is 32.5 Å². The van der Waals surface area contributed by atoms with Crippen molar-refractivity contribution >= 4 is 40.6 Å². The van der Waals surface area contributed by atoms with Crippen LogP contribution in [-0.4, -0.2) is 66.1 Å². The fourth-order valence-corrected chi connectivity index (χ4v) is 10.4. The Hall–Kier alpha value is -4.66. The van der Waals surface area contributed by atoms with Gasteiger partial charge in [0.25, 0.3) is 5.91 Å². The number of nitrogens with one attached hydrogen (secondary N) is 1. The van der Waals surface area contributed by atoms with Crippen LogP contribution in [0.2, 0.25) is 0 Å². The van der Waals surface area contributed by atoms with Gasteiger partial charge in [0.1, 0.15) is 18.4 Å². The molecule has 2 heterocycles. The first kappa shape index (κ1) is 48.8. The molecule has 0 saturated carbocycles. The van der Waals surface area contributed by atoms with E-state index in [0.29, 0.717) is 25.1 Å². The van der Waals surface area contributed by atoms with Gasteiger partial charge in [0.2, 0.25) is 11.8 Å². The highest BCUT2D eigenvalue weighted by Gasteiger charge is 2.39. The summed E-state index contributed by atoms with van der Waals surface area (Å²) in [6, 6.07) is 35.5. The van der Waals surface area contributed by atoms with Gasteiger partial charge in [0.05, 0.1) is 0 Å². The smallest absolute Gasteiger partial charge is 0.255 e. The number of unbranched alkanes of at least 4 members (excludes halogenated alkanes) is 15. The van der Waals surface area contributed by atoms with Crippen LogP contribution in [0.4, 0.5) is 0 Å². The fraction of sp³-hybridized carbons (Fsp3) is 0.482.